The third-order valence-electron chi connectivity index (χ3n) is 5.54. The van der Waals surface area contributed by atoms with Gasteiger partial charge in [0, 0.05) is 35.2 Å². The van der Waals surface area contributed by atoms with Crippen molar-refractivity contribution in [2.45, 2.75) is 25.2 Å². The van der Waals surface area contributed by atoms with Crippen molar-refractivity contribution >= 4 is 23.0 Å². The highest BCUT2D eigenvalue weighted by Crippen LogP contribution is 2.28. The summed E-state index contributed by atoms with van der Waals surface area (Å²) < 4.78 is 44.7. The number of nitrogen functional groups attached to an aromatic ring is 1. The Balaban J connectivity index is 1.49. The molecule has 0 bridgehead atoms. The number of amides is 1. The Hall–Kier alpha value is -3.86. The van der Waals surface area contributed by atoms with Crippen LogP contribution in [0.4, 0.5) is 24.5 Å². The smallest absolute Gasteiger partial charge is 0.387 e. The number of nitrogens with one attached hydrogen (secondary N) is 3. The van der Waals surface area contributed by atoms with Crippen LogP contribution in [0, 0.1) is 5.41 Å². The van der Waals surface area contributed by atoms with Gasteiger partial charge in [-0.2, -0.15) is 13.9 Å². The number of piperidine rings is 1. The van der Waals surface area contributed by atoms with Crippen LogP contribution in [0.25, 0.3) is 11.1 Å². The van der Waals surface area contributed by atoms with E-state index in [2.05, 4.69) is 20.5 Å². The number of aromatic nitrogens is 2. The lowest BCUT2D eigenvalue weighted by atomic mass is 10.0. The second-order valence-electron chi connectivity index (χ2n) is 7.82. The predicted molar refractivity (Wildman–Crippen MR) is 122 cm³/mol. The molecule has 2 atom stereocenters. The molecule has 3 aromatic rings. The summed E-state index contributed by atoms with van der Waals surface area (Å²) in [4.78, 5) is 12.6. The molecule has 2 heterocycles. The zero-order valence-corrected chi connectivity index (χ0v) is 18.0. The molecule has 1 aliphatic heterocycles. The zero-order valence-electron chi connectivity index (χ0n) is 18.0. The molecule has 2 unspecified atom stereocenters. The van der Waals surface area contributed by atoms with E-state index in [1.54, 1.807) is 35.3 Å². The molecule has 0 spiro atoms. The van der Waals surface area contributed by atoms with E-state index in [4.69, 9.17) is 11.1 Å². The molecule has 1 aromatic heterocycles. The minimum Gasteiger partial charge on any atom is -0.435 e. The van der Waals surface area contributed by atoms with Gasteiger partial charge in [-0.1, -0.05) is 6.07 Å². The number of nitrogens with two attached hydrogens (primary N) is 1. The van der Waals surface area contributed by atoms with Gasteiger partial charge in [0.05, 0.1) is 12.2 Å². The van der Waals surface area contributed by atoms with Gasteiger partial charge in [-0.05, 0) is 54.9 Å². The Bertz CT molecular complexity index is 1180. The van der Waals surface area contributed by atoms with Crippen molar-refractivity contribution < 1.29 is 22.7 Å². The molecule has 178 valence electrons. The van der Waals surface area contributed by atoms with Crippen LogP contribution in [-0.2, 0) is 4.79 Å². The first-order valence-electron chi connectivity index (χ1n) is 10.6. The molecule has 2 aromatic carbocycles. The first-order chi connectivity index (χ1) is 16.3. The van der Waals surface area contributed by atoms with Gasteiger partial charge >= 0.3 is 6.61 Å². The second kappa shape index (κ2) is 9.96. The Morgan fingerprint density at radius 1 is 1.24 bits per heavy atom. The Morgan fingerprint density at radius 3 is 2.71 bits per heavy atom. The lowest BCUT2D eigenvalue weighted by Crippen LogP contribution is -2.39. The number of carbonyl (C=O) groups excluding carboxylic acids is 1. The molecular weight excluding hydrogens is 449 g/mol. The van der Waals surface area contributed by atoms with Crippen molar-refractivity contribution in [2.75, 3.05) is 24.1 Å². The average Bonchev–Trinajstić information content (AvgIpc) is 3.30. The summed E-state index contributed by atoms with van der Waals surface area (Å²) >= 11 is 0. The molecule has 1 saturated heterocycles. The number of rotatable bonds is 7. The van der Waals surface area contributed by atoms with Crippen LogP contribution in [0.3, 0.4) is 0 Å². The number of hydrogen-bond acceptors (Lipinski definition) is 6. The maximum atomic E-state index is 14.3. The number of alkyl halides is 3. The maximum Gasteiger partial charge on any atom is 0.387 e. The monoisotopic (exact) mass is 472 g/mol. The highest BCUT2D eigenvalue weighted by Gasteiger charge is 2.27. The third kappa shape index (κ3) is 5.20. The Labute approximate surface area is 193 Å². The van der Waals surface area contributed by atoms with Gasteiger partial charge in [0.25, 0.3) is 5.91 Å². The normalized spacial score (nSPS) is 18.0. The van der Waals surface area contributed by atoms with Crippen molar-refractivity contribution in [2.24, 2.45) is 0 Å². The molecule has 5 N–H and O–H groups in total. The minimum atomic E-state index is -2.95. The fourth-order valence-electron chi connectivity index (χ4n) is 3.76. The van der Waals surface area contributed by atoms with Gasteiger partial charge < -0.3 is 21.1 Å². The highest BCUT2D eigenvalue weighted by atomic mass is 19.3. The summed E-state index contributed by atoms with van der Waals surface area (Å²) in [7, 11) is 0. The summed E-state index contributed by atoms with van der Waals surface area (Å²) in [6.07, 6.45) is 2.92. The van der Waals surface area contributed by atoms with Gasteiger partial charge in [0.1, 0.15) is 17.6 Å². The molecular formula is C23H23F3N6O2. The van der Waals surface area contributed by atoms with Crippen molar-refractivity contribution in [3.05, 3.63) is 60.4 Å². The molecule has 8 nitrogen and oxygen atoms in total. The highest BCUT2D eigenvalue weighted by molar-refractivity contribution is 6.48. The standard InChI is InChI=1S/C23H23F3N6O2/c24-18-11-29-8-7-20(18)32-12-14(10-30-32)13-1-6-19(27)17(9-13)21(28)22(33)31-15-2-4-16(5-3-15)34-23(25)26/h1-6,9-10,12,18,20,23,28-29H,7-8,11,27H2,(H,31,33). The van der Waals surface area contributed by atoms with Crippen LogP contribution in [0.2, 0.25) is 0 Å². The van der Waals surface area contributed by atoms with E-state index in [0.29, 0.717) is 29.8 Å². The molecule has 0 saturated carbocycles. The van der Waals surface area contributed by atoms with Gasteiger partial charge in [0.2, 0.25) is 0 Å². The van der Waals surface area contributed by atoms with E-state index in [1.807, 2.05) is 0 Å². The van der Waals surface area contributed by atoms with E-state index < -0.39 is 18.7 Å². The molecule has 1 aliphatic rings. The van der Waals surface area contributed by atoms with Gasteiger partial charge in [-0.3, -0.25) is 14.9 Å². The number of hydrogen-bond donors (Lipinski definition) is 4. The summed E-state index contributed by atoms with van der Waals surface area (Å²) in [6.45, 7) is -1.96. The molecule has 34 heavy (non-hydrogen) atoms. The van der Waals surface area contributed by atoms with E-state index >= 15 is 0 Å². The number of halogens is 3. The SMILES string of the molecule is N=C(C(=O)Nc1ccc(OC(F)F)cc1)c1cc(-c2cnn(C3CCNCC3F)c2)ccc1N. The van der Waals surface area contributed by atoms with Crippen molar-refractivity contribution in [1.29, 1.82) is 5.41 Å². The second-order valence-corrected chi connectivity index (χ2v) is 7.82. The first-order valence-corrected chi connectivity index (χ1v) is 10.6. The first kappa shape index (κ1) is 23.3. The minimum absolute atomic E-state index is 0.0517. The summed E-state index contributed by atoms with van der Waals surface area (Å²) in [5.41, 5.74) is 7.77. The fourth-order valence-corrected chi connectivity index (χ4v) is 3.76. The molecule has 0 radical (unpaired) electrons. The van der Waals surface area contributed by atoms with Crippen molar-refractivity contribution in [3.8, 4) is 16.9 Å². The fraction of sp³-hybridized carbons (Fsp3) is 0.261. The molecule has 11 heteroatoms. The number of anilines is 2. The molecule has 1 fully saturated rings. The lowest BCUT2D eigenvalue weighted by molar-refractivity contribution is -0.110. The number of benzene rings is 2. The lowest BCUT2D eigenvalue weighted by Gasteiger charge is -2.26. The number of nitrogens with zero attached hydrogens (tertiary/aromatic N) is 2. The molecule has 1 amide bonds. The van der Waals surface area contributed by atoms with Gasteiger partial charge in [0.15, 0.2) is 0 Å². The summed E-state index contributed by atoms with van der Waals surface area (Å²) in [5, 5.41) is 18.2. The largest absolute Gasteiger partial charge is 0.435 e. The number of carbonyl (C=O) groups is 1. The van der Waals surface area contributed by atoms with E-state index in [-0.39, 0.29) is 35.3 Å². The topological polar surface area (TPSA) is 118 Å². The molecule has 0 aliphatic carbocycles. The predicted octanol–water partition coefficient (Wildman–Crippen LogP) is 3.61. The van der Waals surface area contributed by atoms with Crippen LogP contribution in [0.1, 0.15) is 18.0 Å². The average molecular weight is 472 g/mol. The Kier molecular flexibility index (Phi) is 6.82. The summed E-state index contributed by atoms with van der Waals surface area (Å²) in [5.74, 6) is -0.777. The van der Waals surface area contributed by atoms with Crippen molar-refractivity contribution in [1.82, 2.24) is 15.1 Å². The van der Waals surface area contributed by atoms with Gasteiger partial charge in [-0.25, -0.2) is 4.39 Å². The van der Waals surface area contributed by atoms with Crippen molar-refractivity contribution in [3.63, 3.8) is 0 Å². The number of ether oxygens (including phenoxy) is 1. The van der Waals surface area contributed by atoms with Crippen LogP contribution in [-0.4, -0.2) is 47.3 Å². The van der Waals surface area contributed by atoms with Crippen LogP contribution < -0.4 is 21.1 Å². The van der Waals surface area contributed by atoms with Crippen LogP contribution >= 0.6 is 0 Å². The van der Waals surface area contributed by atoms with E-state index in [9.17, 15) is 18.0 Å². The Morgan fingerprint density at radius 2 is 2.00 bits per heavy atom. The quantitative estimate of drug-likeness (QED) is 0.310. The van der Waals surface area contributed by atoms with Gasteiger partial charge in [-0.15, -0.1) is 0 Å². The zero-order chi connectivity index (χ0) is 24.2. The van der Waals surface area contributed by atoms with E-state index in [0.717, 1.165) is 0 Å². The van der Waals surface area contributed by atoms with Crippen LogP contribution in [0.15, 0.2) is 54.9 Å². The molecule has 4 rings (SSSR count). The summed E-state index contributed by atoms with van der Waals surface area (Å²) in [6, 6.07) is 9.90. The maximum absolute atomic E-state index is 14.3. The third-order valence-corrected chi connectivity index (χ3v) is 5.54. The van der Waals surface area contributed by atoms with Crippen LogP contribution in [0.5, 0.6) is 5.75 Å². The van der Waals surface area contributed by atoms with E-state index in [1.165, 1.54) is 24.3 Å².